The Labute approximate surface area is 232 Å². The van der Waals surface area contributed by atoms with Gasteiger partial charge in [0.2, 0.25) is 0 Å². The van der Waals surface area contributed by atoms with E-state index >= 15 is 0 Å². The molecule has 222 valence electrons. The summed E-state index contributed by atoms with van der Waals surface area (Å²) in [4.78, 5) is 31.4. The van der Waals surface area contributed by atoms with Gasteiger partial charge in [0.15, 0.2) is 6.29 Å². The van der Waals surface area contributed by atoms with Crippen LogP contribution in [0.2, 0.25) is 0 Å². The number of ether oxygens (including phenoxy) is 2. The maximum absolute atomic E-state index is 13.1. The molecule has 2 aromatic carbocycles. The smallest absolute Gasteiger partial charge is 0.416 e. The molecule has 0 aromatic heterocycles. The molecule has 41 heavy (non-hydrogen) atoms. The number of carbonyl (C=O) groups excluding carboxylic acids is 2. The molecule has 2 aliphatic rings. The van der Waals surface area contributed by atoms with E-state index in [1.807, 2.05) is 6.07 Å². The van der Waals surface area contributed by atoms with Crippen LogP contribution < -0.4 is 5.48 Å². The van der Waals surface area contributed by atoms with Crippen molar-refractivity contribution in [3.8, 4) is 0 Å². The Morgan fingerprint density at radius 2 is 1.73 bits per heavy atom. The summed E-state index contributed by atoms with van der Waals surface area (Å²) >= 11 is 0. The summed E-state index contributed by atoms with van der Waals surface area (Å²) in [7, 11) is 1.44. The topological polar surface area (TPSA) is 77.1 Å². The van der Waals surface area contributed by atoms with E-state index in [0.29, 0.717) is 43.6 Å². The van der Waals surface area contributed by atoms with E-state index in [-0.39, 0.29) is 6.07 Å². The first-order valence-corrected chi connectivity index (χ1v) is 12.9. The van der Waals surface area contributed by atoms with Crippen molar-refractivity contribution in [1.29, 1.82) is 0 Å². The third-order valence-corrected chi connectivity index (χ3v) is 6.84. The molecule has 2 unspecified atom stereocenters. The highest BCUT2D eigenvalue weighted by Crippen LogP contribution is 2.38. The molecule has 1 heterocycles. The molecular weight excluding hydrogens is 558 g/mol. The normalized spacial score (nSPS) is 19.2. The predicted molar refractivity (Wildman–Crippen MR) is 134 cm³/mol. The summed E-state index contributed by atoms with van der Waals surface area (Å²) in [5, 5.41) is 0. The maximum atomic E-state index is 13.1. The minimum atomic E-state index is -5.01. The van der Waals surface area contributed by atoms with Gasteiger partial charge in [-0.3, -0.25) is 4.79 Å². The van der Waals surface area contributed by atoms with E-state index in [1.165, 1.54) is 18.0 Å². The first-order chi connectivity index (χ1) is 19.3. The van der Waals surface area contributed by atoms with E-state index in [2.05, 4.69) is 5.48 Å². The summed E-state index contributed by atoms with van der Waals surface area (Å²) in [6, 6.07) is 6.08. The SMILES string of the molecule is CN(C(=O)OCc1cc(C(F)(F)F)cc(C(F)(F)F)c1)C1CCc2ccc(/C=C/C(=O)NOC3CCCCO3)cc21. The molecule has 7 nitrogen and oxygen atoms in total. The number of nitrogens with zero attached hydrogens (tertiary/aromatic N) is 1. The minimum absolute atomic E-state index is 0.0147. The zero-order valence-electron chi connectivity index (χ0n) is 22.0. The lowest BCUT2D eigenvalue weighted by molar-refractivity contribution is -0.198. The predicted octanol–water partition coefficient (Wildman–Crippen LogP) is 6.57. The molecule has 1 saturated heterocycles. The zero-order chi connectivity index (χ0) is 29.8. The molecule has 1 fully saturated rings. The fraction of sp³-hybridized carbons (Fsp3) is 0.429. The fourth-order valence-electron chi connectivity index (χ4n) is 4.72. The van der Waals surface area contributed by atoms with Crippen LogP contribution in [0.25, 0.3) is 6.08 Å². The fourth-order valence-corrected chi connectivity index (χ4v) is 4.72. The second-order valence-electron chi connectivity index (χ2n) is 9.81. The monoisotopic (exact) mass is 586 g/mol. The molecule has 0 spiro atoms. The van der Waals surface area contributed by atoms with Crippen molar-refractivity contribution in [2.24, 2.45) is 0 Å². The first-order valence-electron chi connectivity index (χ1n) is 12.9. The van der Waals surface area contributed by atoms with E-state index in [1.54, 1.807) is 18.2 Å². The van der Waals surface area contributed by atoms with Crippen molar-refractivity contribution in [3.05, 3.63) is 75.9 Å². The Balaban J connectivity index is 1.38. The van der Waals surface area contributed by atoms with Crippen LogP contribution in [0.15, 0.2) is 42.5 Å². The lowest BCUT2D eigenvalue weighted by Crippen LogP contribution is -2.32. The molecule has 1 aliphatic heterocycles. The molecule has 0 radical (unpaired) electrons. The van der Waals surface area contributed by atoms with Gasteiger partial charge in [0.1, 0.15) is 6.61 Å². The molecule has 0 saturated carbocycles. The summed E-state index contributed by atoms with van der Waals surface area (Å²) in [6.07, 6.45) is -4.81. The number of benzene rings is 2. The number of alkyl halides is 6. The number of nitrogens with one attached hydrogen (secondary N) is 1. The van der Waals surface area contributed by atoms with Gasteiger partial charge in [0.05, 0.1) is 17.2 Å². The molecule has 2 amide bonds. The molecule has 1 N–H and O–H groups in total. The molecular formula is C28H28F6N2O5. The Hall–Kier alpha value is -3.58. The van der Waals surface area contributed by atoms with Gasteiger partial charge in [-0.25, -0.2) is 15.1 Å². The van der Waals surface area contributed by atoms with Crippen LogP contribution in [0.4, 0.5) is 31.1 Å². The highest BCUT2D eigenvalue weighted by atomic mass is 19.4. The van der Waals surface area contributed by atoms with Gasteiger partial charge in [-0.15, -0.1) is 0 Å². The quantitative estimate of drug-likeness (QED) is 0.226. The number of amides is 2. The summed E-state index contributed by atoms with van der Waals surface area (Å²) in [5.74, 6) is -0.486. The standard InChI is InChI=1S/C28H28F6N2O5/c1-36(26(38)40-16-18-12-20(27(29,30)31)15-21(13-18)28(32,33)34)23-9-8-19-7-5-17(14-22(19)23)6-10-24(37)35-41-25-4-2-3-11-39-25/h5-7,10,12-15,23,25H,2-4,8-9,11,16H2,1H3,(H,35,37)/b10-6+. The van der Waals surface area contributed by atoms with E-state index < -0.39 is 60.0 Å². The van der Waals surface area contributed by atoms with Gasteiger partial charge in [0.25, 0.3) is 5.91 Å². The molecule has 0 bridgehead atoms. The van der Waals surface area contributed by atoms with Crippen LogP contribution in [0, 0.1) is 0 Å². The Morgan fingerprint density at radius 1 is 1.02 bits per heavy atom. The van der Waals surface area contributed by atoms with Gasteiger partial charge in [0, 0.05) is 26.2 Å². The molecule has 13 heteroatoms. The molecule has 4 rings (SSSR count). The van der Waals surface area contributed by atoms with Crippen molar-refractivity contribution >= 4 is 18.1 Å². The lowest BCUT2D eigenvalue weighted by Gasteiger charge is -2.25. The lowest BCUT2D eigenvalue weighted by atomic mass is 10.0. The van der Waals surface area contributed by atoms with Crippen LogP contribution in [0.1, 0.15) is 65.1 Å². The third-order valence-electron chi connectivity index (χ3n) is 6.84. The first kappa shape index (κ1) is 30.4. The highest BCUT2D eigenvalue weighted by Gasteiger charge is 2.37. The van der Waals surface area contributed by atoms with Crippen LogP contribution in [-0.2, 0) is 44.5 Å². The Kier molecular flexibility index (Phi) is 9.27. The molecule has 2 aromatic rings. The van der Waals surface area contributed by atoms with Crippen molar-refractivity contribution < 1.29 is 50.2 Å². The average molecular weight is 587 g/mol. The molecule has 1 aliphatic carbocycles. The van der Waals surface area contributed by atoms with Gasteiger partial charge >= 0.3 is 18.4 Å². The van der Waals surface area contributed by atoms with Crippen molar-refractivity contribution in [2.45, 2.75) is 63.4 Å². The number of hydrogen-bond donors (Lipinski definition) is 1. The number of hydroxylamine groups is 1. The van der Waals surface area contributed by atoms with Gasteiger partial charge in [-0.05, 0) is 78.3 Å². The largest absolute Gasteiger partial charge is 0.445 e. The summed E-state index contributed by atoms with van der Waals surface area (Å²) in [6.45, 7) is -0.208. The van der Waals surface area contributed by atoms with Crippen LogP contribution >= 0.6 is 0 Å². The van der Waals surface area contributed by atoms with Crippen molar-refractivity contribution in [2.75, 3.05) is 13.7 Å². The van der Waals surface area contributed by atoms with Crippen LogP contribution in [0.3, 0.4) is 0 Å². The number of carbonyl (C=O) groups is 2. The second-order valence-corrected chi connectivity index (χ2v) is 9.81. The maximum Gasteiger partial charge on any atom is 0.416 e. The number of hydrogen-bond acceptors (Lipinski definition) is 5. The number of aryl methyl sites for hydroxylation is 1. The highest BCUT2D eigenvalue weighted by molar-refractivity contribution is 5.91. The number of rotatable bonds is 7. The van der Waals surface area contributed by atoms with Crippen LogP contribution in [-0.4, -0.2) is 36.8 Å². The summed E-state index contributed by atoms with van der Waals surface area (Å²) in [5.41, 5.74) is 1.33. The van der Waals surface area contributed by atoms with Crippen molar-refractivity contribution in [1.82, 2.24) is 10.4 Å². The number of halogens is 6. The molecule has 2 atom stereocenters. The van der Waals surface area contributed by atoms with E-state index in [9.17, 15) is 35.9 Å². The Bertz CT molecular complexity index is 1260. The van der Waals surface area contributed by atoms with Crippen molar-refractivity contribution in [3.63, 3.8) is 0 Å². The Morgan fingerprint density at radius 3 is 2.37 bits per heavy atom. The van der Waals surface area contributed by atoms with Crippen LogP contribution in [0.5, 0.6) is 0 Å². The van der Waals surface area contributed by atoms with Gasteiger partial charge in [-0.1, -0.05) is 12.1 Å². The van der Waals surface area contributed by atoms with Gasteiger partial charge in [-0.2, -0.15) is 26.3 Å². The number of fused-ring (bicyclic) bond motifs is 1. The average Bonchev–Trinajstić information content (AvgIpc) is 3.36. The zero-order valence-corrected chi connectivity index (χ0v) is 22.0. The third kappa shape index (κ3) is 8.00. The van der Waals surface area contributed by atoms with E-state index in [0.717, 1.165) is 24.0 Å². The van der Waals surface area contributed by atoms with Gasteiger partial charge < -0.3 is 14.4 Å². The second kappa shape index (κ2) is 12.5. The summed E-state index contributed by atoms with van der Waals surface area (Å²) < 4.78 is 89.3. The minimum Gasteiger partial charge on any atom is -0.445 e. The van der Waals surface area contributed by atoms with E-state index in [4.69, 9.17) is 14.3 Å².